The highest BCUT2D eigenvalue weighted by Crippen LogP contribution is 2.35. The fourth-order valence-electron chi connectivity index (χ4n) is 1.45. The molecule has 3 N–H and O–H groups in total. The first-order chi connectivity index (χ1) is 6.01. The number of rotatable bonds is 0. The van der Waals surface area contributed by atoms with Crippen molar-refractivity contribution < 1.29 is 4.79 Å². The molecule has 0 spiro atoms. The topological polar surface area (TPSA) is 55.1 Å². The van der Waals surface area contributed by atoms with Crippen LogP contribution in [0.3, 0.4) is 0 Å². The summed E-state index contributed by atoms with van der Waals surface area (Å²) < 4.78 is 0. The second-order valence-corrected chi connectivity index (χ2v) is 3.78. The second-order valence-electron chi connectivity index (χ2n) is 3.35. The maximum Gasteiger partial charge on any atom is 0.248 e. The van der Waals surface area contributed by atoms with Crippen LogP contribution in [0.4, 0.5) is 5.69 Å². The first-order valence-corrected chi connectivity index (χ1v) is 4.30. The number of carbonyl (C=O) groups is 1. The van der Waals surface area contributed by atoms with Crippen LogP contribution >= 0.6 is 11.6 Å². The highest BCUT2D eigenvalue weighted by molar-refractivity contribution is 6.31. The summed E-state index contributed by atoms with van der Waals surface area (Å²) in [4.78, 5) is 11.4. The molecule has 0 fully saturated rings. The van der Waals surface area contributed by atoms with Gasteiger partial charge in [-0.15, -0.1) is 0 Å². The number of benzene rings is 1. The van der Waals surface area contributed by atoms with Crippen molar-refractivity contribution in [1.29, 1.82) is 0 Å². The monoisotopic (exact) mass is 196 g/mol. The first kappa shape index (κ1) is 8.53. The van der Waals surface area contributed by atoms with E-state index in [9.17, 15) is 4.79 Å². The number of hydrogen-bond acceptors (Lipinski definition) is 2. The summed E-state index contributed by atoms with van der Waals surface area (Å²) in [6.45, 7) is 1.68. The maximum atomic E-state index is 11.4. The van der Waals surface area contributed by atoms with Crippen molar-refractivity contribution in [2.24, 2.45) is 5.73 Å². The van der Waals surface area contributed by atoms with E-state index in [1.54, 1.807) is 25.1 Å². The van der Waals surface area contributed by atoms with E-state index >= 15 is 0 Å². The molecule has 1 aliphatic rings. The Bertz CT molecular complexity index is 387. The SMILES string of the molecule is CC1(N)C(=O)Nc2cc(Cl)ccc21. The zero-order chi connectivity index (χ0) is 9.64. The van der Waals surface area contributed by atoms with Crippen LogP contribution in [-0.2, 0) is 10.3 Å². The summed E-state index contributed by atoms with van der Waals surface area (Å²) in [7, 11) is 0. The summed E-state index contributed by atoms with van der Waals surface area (Å²) in [5.74, 6) is -0.190. The van der Waals surface area contributed by atoms with Gasteiger partial charge < -0.3 is 11.1 Å². The molecule has 2 rings (SSSR count). The third kappa shape index (κ3) is 1.12. The molecule has 0 aromatic heterocycles. The Morgan fingerprint density at radius 1 is 1.54 bits per heavy atom. The number of nitrogens with one attached hydrogen (secondary N) is 1. The summed E-state index contributed by atoms with van der Waals surface area (Å²) in [5.41, 5.74) is 6.40. The van der Waals surface area contributed by atoms with Crippen LogP contribution in [0.1, 0.15) is 12.5 Å². The number of halogens is 1. The molecular weight excluding hydrogens is 188 g/mol. The summed E-state index contributed by atoms with van der Waals surface area (Å²) in [5, 5.41) is 3.27. The van der Waals surface area contributed by atoms with Gasteiger partial charge in [-0.3, -0.25) is 4.79 Å². The van der Waals surface area contributed by atoms with Gasteiger partial charge in [-0.2, -0.15) is 0 Å². The molecule has 1 amide bonds. The molecule has 4 heteroatoms. The third-order valence-corrected chi connectivity index (χ3v) is 2.50. The zero-order valence-electron chi connectivity index (χ0n) is 7.10. The number of carbonyl (C=O) groups excluding carboxylic acids is 1. The van der Waals surface area contributed by atoms with Crippen molar-refractivity contribution in [3.05, 3.63) is 28.8 Å². The smallest absolute Gasteiger partial charge is 0.248 e. The molecule has 0 aliphatic carbocycles. The van der Waals surface area contributed by atoms with Gasteiger partial charge in [0, 0.05) is 16.3 Å². The van der Waals surface area contributed by atoms with Gasteiger partial charge >= 0.3 is 0 Å². The Morgan fingerprint density at radius 2 is 2.23 bits per heavy atom. The lowest BCUT2D eigenvalue weighted by atomic mass is 9.95. The van der Waals surface area contributed by atoms with Crippen LogP contribution in [-0.4, -0.2) is 5.91 Å². The van der Waals surface area contributed by atoms with Crippen molar-refractivity contribution >= 4 is 23.2 Å². The largest absolute Gasteiger partial charge is 0.324 e. The molecule has 1 aliphatic heterocycles. The highest BCUT2D eigenvalue weighted by atomic mass is 35.5. The zero-order valence-corrected chi connectivity index (χ0v) is 7.85. The Balaban J connectivity index is 2.62. The molecule has 1 heterocycles. The minimum atomic E-state index is -0.931. The molecule has 0 saturated carbocycles. The summed E-state index contributed by atoms with van der Waals surface area (Å²) >= 11 is 5.77. The van der Waals surface area contributed by atoms with E-state index in [1.807, 2.05) is 0 Å². The van der Waals surface area contributed by atoms with Crippen molar-refractivity contribution in [1.82, 2.24) is 0 Å². The van der Waals surface area contributed by atoms with Crippen molar-refractivity contribution in [2.45, 2.75) is 12.5 Å². The molecular formula is C9H9ClN2O. The fourth-order valence-corrected chi connectivity index (χ4v) is 1.62. The Morgan fingerprint density at radius 3 is 2.92 bits per heavy atom. The minimum Gasteiger partial charge on any atom is -0.324 e. The van der Waals surface area contributed by atoms with E-state index in [0.29, 0.717) is 10.7 Å². The fraction of sp³-hybridized carbons (Fsp3) is 0.222. The van der Waals surface area contributed by atoms with Crippen LogP contribution in [0, 0.1) is 0 Å². The van der Waals surface area contributed by atoms with E-state index in [-0.39, 0.29) is 5.91 Å². The number of anilines is 1. The van der Waals surface area contributed by atoms with Crippen molar-refractivity contribution in [3.63, 3.8) is 0 Å². The average Bonchev–Trinajstić information content (AvgIpc) is 2.23. The average molecular weight is 197 g/mol. The lowest BCUT2D eigenvalue weighted by molar-refractivity contribution is -0.120. The quantitative estimate of drug-likeness (QED) is 0.660. The van der Waals surface area contributed by atoms with Crippen molar-refractivity contribution in [2.75, 3.05) is 5.32 Å². The van der Waals surface area contributed by atoms with Crippen LogP contribution in [0.2, 0.25) is 5.02 Å². The van der Waals surface area contributed by atoms with Crippen LogP contribution in [0.5, 0.6) is 0 Å². The third-order valence-electron chi connectivity index (χ3n) is 2.26. The number of amides is 1. The van der Waals surface area contributed by atoms with Gasteiger partial charge in [-0.25, -0.2) is 0 Å². The van der Waals surface area contributed by atoms with Gasteiger partial charge in [-0.1, -0.05) is 17.7 Å². The normalized spacial score (nSPS) is 25.6. The molecule has 0 radical (unpaired) electrons. The molecule has 1 aromatic rings. The molecule has 1 atom stereocenters. The van der Waals surface area contributed by atoms with Gasteiger partial charge in [-0.05, 0) is 19.1 Å². The summed E-state index contributed by atoms with van der Waals surface area (Å²) in [6.07, 6.45) is 0. The molecule has 3 nitrogen and oxygen atoms in total. The van der Waals surface area contributed by atoms with Gasteiger partial charge in [0.1, 0.15) is 5.54 Å². The van der Waals surface area contributed by atoms with E-state index in [1.165, 1.54) is 0 Å². The lowest BCUT2D eigenvalue weighted by Crippen LogP contribution is -2.40. The highest BCUT2D eigenvalue weighted by Gasteiger charge is 2.38. The van der Waals surface area contributed by atoms with E-state index in [0.717, 1.165) is 5.56 Å². The van der Waals surface area contributed by atoms with E-state index < -0.39 is 5.54 Å². The maximum absolute atomic E-state index is 11.4. The number of hydrogen-bond donors (Lipinski definition) is 2. The number of fused-ring (bicyclic) bond motifs is 1. The van der Waals surface area contributed by atoms with Crippen LogP contribution in [0.25, 0.3) is 0 Å². The molecule has 13 heavy (non-hydrogen) atoms. The summed E-state index contributed by atoms with van der Waals surface area (Å²) in [6, 6.07) is 5.20. The van der Waals surface area contributed by atoms with Gasteiger partial charge in [0.25, 0.3) is 0 Å². The molecule has 0 saturated heterocycles. The minimum absolute atomic E-state index is 0.190. The second kappa shape index (κ2) is 2.47. The van der Waals surface area contributed by atoms with Crippen LogP contribution in [0.15, 0.2) is 18.2 Å². The molecule has 0 bridgehead atoms. The standard InChI is InChI=1S/C9H9ClN2O/c1-9(11)6-3-2-5(10)4-7(6)12-8(9)13/h2-4H,11H2,1H3,(H,12,13). The van der Waals surface area contributed by atoms with E-state index in [2.05, 4.69) is 5.32 Å². The Labute approximate surface area is 80.9 Å². The van der Waals surface area contributed by atoms with Crippen molar-refractivity contribution in [3.8, 4) is 0 Å². The van der Waals surface area contributed by atoms with Gasteiger partial charge in [0.05, 0.1) is 0 Å². The lowest BCUT2D eigenvalue weighted by Gasteiger charge is -2.14. The van der Waals surface area contributed by atoms with Gasteiger partial charge in [0.15, 0.2) is 0 Å². The first-order valence-electron chi connectivity index (χ1n) is 3.92. The molecule has 68 valence electrons. The number of nitrogens with two attached hydrogens (primary N) is 1. The predicted molar refractivity (Wildman–Crippen MR) is 51.6 cm³/mol. The van der Waals surface area contributed by atoms with Crippen LogP contribution < -0.4 is 11.1 Å². The predicted octanol–water partition coefficient (Wildman–Crippen LogP) is 1.47. The Kier molecular flexibility index (Phi) is 1.62. The Hall–Kier alpha value is -1.06. The molecule has 1 aromatic carbocycles. The van der Waals surface area contributed by atoms with E-state index in [4.69, 9.17) is 17.3 Å². The van der Waals surface area contributed by atoms with Gasteiger partial charge in [0.2, 0.25) is 5.91 Å². The molecule has 1 unspecified atom stereocenters.